The van der Waals surface area contributed by atoms with Gasteiger partial charge in [-0.25, -0.2) is 0 Å². The second-order valence-electron chi connectivity index (χ2n) is 2.42. The number of rotatable bonds is 3. The number of hydrogen-bond donors (Lipinski definition) is 1. The number of aliphatic carboxylic acids is 1. The molecule has 0 saturated carbocycles. The average molecular weight is 193 g/mol. The first-order valence-electron chi connectivity index (χ1n) is 3.45. The molecule has 11 heavy (non-hydrogen) atoms. The normalized spacial score (nSPS) is 16.1. The molecule has 0 spiro atoms. The van der Waals surface area contributed by atoms with Crippen LogP contribution >= 0.6 is 0 Å². The van der Waals surface area contributed by atoms with Gasteiger partial charge >= 0.3 is 73.3 Å². The predicted molar refractivity (Wildman–Crippen MR) is 37.7 cm³/mol. The number of carbonyl (C=O) groups is 1. The Morgan fingerprint density at radius 2 is 2.45 bits per heavy atom. The van der Waals surface area contributed by atoms with Crippen molar-refractivity contribution in [2.24, 2.45) is 0 Å². The van der Waals surface area contributed by atoms with Crippen LogP contribution in [0.2, 0.25) is 0 Å². The van der Waals surface area contributed by atoms with Crippen LogP contribution in [0.1, 0.15) is 19.3 Å². The Bertz CT molecular complexity index is 228. The molecular formula is C8H9FeO2. The van der Waals surface area contributed by atoms with E-state index < -0.39 is 5.97 Å². The van der Waals surface area contributed by atoms with Crippen molar-refractivity contribution in [2.45, 2.75) is 19.3 Å². The first-order chi connectivity index (χ1) is 5.20. The summed E-state index contributed by atoms with van der Waals surface area (Å²) >= 11 is 3.82. The topological polar surface area (TPSA) is 37.3 Å². The van der Waals surface area contributed by atoms with E-state index in [-0.39, 0.29) is 6.42 Å². The van der Waals surface area contributed by atoms with Gasteiger partial charge in [0.15, 0.2) is 0 Å². The van der Waals surface area contributed by atoms with Crippen molar-refractivity contribution in [3.8, 4) is 0 Å². The van der Waals surface area contributed by atoms with Crippen LogP contribution in [0.3, 0.4) is 0 Å². The summed E-state index contributed by atoms with van der Waals surface area (Å²) in [7, 11) is 0. The van der Waals surface area contributed by atoms with Crippen molar-refractivity contribution in [1.82, 2.24) is 0 Å². The third-order valence-electron chi connectivity index (χ3n) is 1.56. The van der Waals surface area contributed by atoms with Crippen molar-refractivity contribution in [2.75, 3.05) is 0 Å². The van der Waals surface area contributed by atoms with Crippen LogP contribution in [0.5, 0.6) is 0 Å². The molecule has 0 radical (unpaired) electrons. The maximum absolute atomic E-state index is 10.2. The van der Waals surface area contributed by atoms with Gasteiger partial charge in [-0.3, -0.25) is 0 Å². The summed E-state index contributed by atoms with van der Waals surface area (Å²) in [6.07, 6.45) is 5.68. The van der Waals surface area contributed by atoms with Crippen molar-refractivity contribution >= 4 is 5.97 Å². The van der Waals surface area contributed by atoms with Crippen LogP contribution in [0.25, 0.3) is 0 Å². The number of allylic oxidation sites excluding steroid dienone is 4. The van der Waals surface area contributed by atoms with Gasteiger partial charge in [-0.1, -0.05) is 0 Å². The van der Waals surface area contributed by atoms with Gasteiger partial charge in [-0.2, -0.15) is 0 Å². The molecule has 3 heteroatoms. The molecule has 1 rings (SSSR count). The third kappa shape index (κ3) is 2.52. The zero-order chi connectivity index (χ0) is 8.27. The van der Waals surface area contributed by atoms with E-state index in [9.17, 15) is 4.79 Å². The molecule has 0 aromatic rings. The van der Waals surface area contributed by atoms with E-state index >= 15 is 0 Å². The van der Waals surface area contributed by atoms with Crippen LogP contribution in [0.4, 0.5) is 0 Å². The molecule has 0 bridgehead atoms. The first-order valence-corrected chi connectivity index (χ1v) is 4.00. The Morgan fingerprint density at radius 1 is 1.73 bits per heavy atom. The fourth-order valence-corrected chi connectivity index (χ4v) is 1.34. The van der Waals surface area contributed by atoms with Gasteiger partial charge in [0.25, 0.3) is 0 Å². The summed E-state index contributed by atoms with van der Waals surface area (Å²) in [5.74, 6) is -0.745. The Morgan fingerprint density at radius 3 is 2.91 bits per heavy atom. The molecule has 0 unspecified atom stereocenters. The third-order valence-corrected chi connectivity index (χ3v) is 2.14. The standard InChI is InChI=1S/C8H9O2.Fe/c9-8(10)6-5-7-3-1-2-4-7;/h1,3H,2,5-6H2,(H,9,10);. The van der Waals surface area contributed by atoms with Crippen LogP contribution in [-0.4, -0.2) is 11.1 Å². The zero-order valence-corrected chi connectivity index (χ0v) is 7.09. The SMILES string of the molecule is O=C(O)CCC1=[C]([Fe])CC=C1. The van der Waals surface area contributed by atoms with Gasteiger partial charge in [0.05, 0.1) is 0 Å². The summed E-state index contributed by atoms with van der Waals surface area (Å²) in [4.78, 5) is 10.2. The maximum atomic E-state index is 10.2. The molecule has 0 heterocycles. The van der Waals surface area contributed by atoms with Crippen molar-refractivity contribution in [3.63, 3.8) is 0 Å². The molecule has 0 atom stereocenters. The summed E-state index contributed by atoms with van der Waals surface area (Å²) in [5.41, 5.74) is 1.09. The van der Waals surface area contributed by atoms with Gasteiger partial charge in [-0.15, -0.1) is 0 Å². The zero-order valence-electron chi connectivity index (χ0n) is 5.99. The van der Waals surface area contributed by atoms with Gasteiger partial charge in [-0.05, 0) is 0 Å². The molecule has 0 aliphatic heterocycles. The molecular weight excluding hydrogens is 184 g/mol. The number of hydrogen-bond acceptors (Lipinski definition) is 1. The van der Waals surface area contributed by atoms with Gasteiger partial charge in [0.2, 0.25) is 0 Å². The minimum atomic E-state index is -0.745. The van der Waals surface area contributed by atoms with Gasteiger partial charge < -0.3 is 0 Å². The van der Waals surface area contributed by atoms with Crippen LogP contribution in [-0.2, 0) is 20.8 Å². The molecule has 1 aliphatic carbocycles. The summed E-state index contributed by atoms with van der Waals surface area (Å²) < 4.78 is 1.06. The summed E-state index contributed by atoms with van der Waals surface area (Å²) in [5, 5.41) is 8.39. The first kappa shape index (κ1) is 8.56. The molecule has 0 amide bonds. The van der Waals surface area contributed by atoms with E-state index in [1.54, 1.807) is 0 Å². The van der Waals surface area contributed by atoms with E-state index in [1.807, 2.05) is 12.2 Å². The quantitative estimate of drug-likeness (QED) is 0.691. The van der Waals surface area contributed by atoms with E-state index in [1.165, 1.54) is 0 Å². The second-order valence-corrected chi connectivity index (χ2v) is 3.08. The van der Waals surface area contributed by atoms with E-state index in [4.69, 9.17) is 5.11 Å². The number of carboxylic acids is 1. The Kier molecular flexibility index (Phi) is 2.92. The van der Waals surface area contributed by atoms with Crippen molar-refractivity contribution in [1.29, 1.82) is 0 Å². The van der Waals surface area contributed by atoms with E-state index in [2.05, 4.69) is 16.0 Å². The van der Waals surface area contributed by atoms with E-state index in [0.717, 1.165) is 16.5 Å². The van der Waals surface area contributed by atoms with Crippen molar-refractivity contribution < 1.29 is 25.9 Å². The number of carboxylic acid groups (broad SMARTS) is 1. The van der Waals surface area contributed by atoms with Gasteiger partial charge in [0, 0.05) is 0 Å². The Labute approximate surface area is 73.8 Å². The van der Waals surface area contributed by atoms with Crippen LogP contribution < -0.4 is 0 Å². The summed E-state index contributed by atoms with van der Waals surface area (Å²) in [6, 6.07) is 0. The summed E-state index contributed by atoms with van der Waals surface area (Å²) in [6.45, 7) is 0. The average Bonchev–Trinajstić information content (AvgIpc) is 2.31. The molecule has 1 N–H and O–H groups in total. The second kappa shape index (κ2) is 3.74. The minimum absolute atomic E-state index is 0.207. The predicted octanol–water partition coefficient (Wildman–Crippen LogP) is 1.61. The van der Waals surface area contributed by atoms with Crippen LogP contribution in [0.15, 0.2) is 22.2 Å². The fourth-order valence-electron chi connectivity index (χ4n) is 0.979. The molecule has 0 aromatic carbocycles. The molecule has 2 nitrogen and oxygen atoms in total. The van der Waals surface area contributed by atoms with E-state index in [0.29, 0.717) is 6.42 Å². The molecule has 61 valence electrons. The molecule has 1 aliphatic rings. The molecule has 0 saturated heterocycles. The van der Waals surface area contributed by atoms with Crippen molar-refractivity contribution in [3.05, 3.63) is 22.2 Å². The van der Waals surface area contributed by atoms with Gasteiger partial charge in [0.1, 0.15) is 0 Å². The molecule has 0 aromatic heterocycles. The Balaban J connectivity index is 2.43. The van der Waals surface area contributed by atoms with Crippen LogP contribution in [0, 0.1) is 0 Å². The fraction of sp³-hybridized carbons (Fsp3) is 0.375. The molecule has 0 fully saturated rings. The Hall–Kier alpha value is -0.531. The monoisotopic (exact) mass is 193 g/mol.